The minimum absolute atomic E-state index is 0.658. The number of nitrogens with one attached hydrogen (secondary N) is 1. The first-order valence-corrected chi connectivity index (χ1v) is 6.28. The van der Waals surface area contributed by atoms with Gasteiger partial charge in [-0.2, -0.15) is 0 Å². The van der Waals surface area contributed by atoms with Crippen molar-refractivity contribution in [1.29, 1.82) is 0 Å². The van der Waals surface area contributed by atoms with Crippen LogP contribution < -0.4 is 0 Å². The summed E-state index contributed by atoms with van der Waals surface area (Å²) < 4.78 is 0. The van der Waals surface area contributed by atoms with Crippen LogP contribution in [0.5, 0.6) is 0 Å². The number of hydrogen-bond donors (Lipinski definition) is 1. The van der Waals surface area contributed by atoms with Gasteiger partial charge in [0.2, 0.25) is 0 Å². The van der Waals surface area contributed by atoms with Crippen LogP contribution in [-0.2, 0) is 6.42 Å². The maximum Gasteiger partial charge on any atom is 0.0459 e. The average molecular weight is 213 g/mol. The van der Waals surface area contributed by atoms with Gasteiger partial charge < -0.3 is 4.98 Å². The molecule has 3 rings (SSSR count). The fourth-order valence-corrected chi connectivity index (χ4v) is 3.09. The molecule has 2 aromatic rings. The van der Waals surface area contributed by atoms with Gasteiger partial charge in [-0.1, -0.05) is 39.0 Å². The Morgan fingerprint density at radius 1 is 1.12 bits per heavy atom. The first-order chi connectivity index (χ1) is 7.68. The highest BCUT2D eigenvalue weighted by atomic mass is 14.7. The predicted molar refractivity (Wildman–Crippen MR) is 68.7 cm³/mol. The van der Waals surface area contributed by atoms with Gasteiger partial charge in [0.1, 0.15) is 0 Å². The Morgan fingerprint density at radius 3 is 2.69 bits per heavy atom. The Kier molecular flexibility index (Phi) is 2.10. The maximum atomic E-state index is 3.62. The largest absolute Gasteiger partial charge is 0.358 e. The minimum Gasteiger partial charge on any atom is -0.358 e. The molecule has 3 atom stereocenters. The summed E-state index contributed by atoms with van der Waals surface area (Å²) in [5.74, 6) is 2.23. The zero-order chi connectivity index (χ0) is 11.3. The molecule has 0 saturated heterocycles. The fraction of sp³-hybridized carbons (Fsp3) is 0.467. The molecule has 1 nitrogen and oxygen atoms in total. The van der Waals surface area contributed by atoms with Gasteiger partial charge in [-0.05, 0) is 35.8 Å². The molecule has 0 saturated carbocycles. The molecule has 0 spiro atoms. The van der Waals surface area contributed by atoms with E-state index < -0.39 is 0 Å². The molecule has 1 aromatic carbocycles. The van der Waals surface area contributed by atoms with Crippen LogP contribution in [-0.4, -0.2) is 4.98 Å². The van der Waals surface area contributed by atoms with Crippen molar-refractivity contribution in [2.75, 3.05) is 0 Å². The lowest BCUT2D eigenvalue weighted by molar-refractivity contribution is 0.310. The van der Waals surface area contributed by atoms with Crippen LogP contribution in [0, 0.1) is 11.8 Å². The predicted octanol–water partition coefficient (Wildman–Crippen LogP) is 4.10. The lowest BCUT2D eigenvalue weighted by Gasteiger charge is -2.32. The van der Waals surface area contributed by atoms with Crippen LogP contribution in [0.15, 0.2) is 24.3 Å². The molecule has 0 amide bonds. The molecule has 0 bridgehead atoms. The second kappa shape index (κ2) is 3.38. The Hall–Kier alpha value is -1.24. The highest BCUT2D eigenvalue weighted by molar-refractivity contribution is 5.85. The third-order valence-electron chi connectivity index (χ3n) is 4.51. The molecule has 1 aliphatic rings. The summed E-state index contributed by atoms with van der Waals surface area (Å²) in [4.78, 5) is 3.62. The summed E-state index contributed by atoms with van der Waals surface area (Å²) in [6, 6.07) is 8.70. The fourth-order valence-electron chi connectivity index (χ4n) is 3.09. The van der Waals surface area contributed by atoms with Crippen LogP contribution in [0.4, 0.5) is 0 Å². The third kappa shape index (κ3) is 1.24. The van der Waals surface area contributed by atoms with E-state index in [4.69, 9.17) is 0 Å². The van der Waals surface area contributed by atoms with Crippen molar-refractivity contribution in [3.05, 3.63) is 35.5 Å². The Morgan fingerprint density at radius 2 is 1.88 bits per heavy atom. The molecule has 0 aliphatic heterocycles. The number of aromatic nitrogens is 1. The summed E-state index contributed by atoms with van der Waals surface area (Å²) in [7, 11) is 0. The lowest BCUT2D eigenvalue weighted by Crippen LogP contribution is -2.23. The molecule has 1 heteroatoms. The van der Waals surface area contributed by atoms with Crippen LogP contribution in [0.1, 0.15) is 37.9 Å². The number of rotatable bonds is 0. The third-order valence-corrected chi connectivity index (χ3v) is 4.51. The van der Waals surface area contributed by atoms with E-state index in [1.165, 1.54) is 23.0 Å². The van der Waals surface area contributed by atoms with E-state index in [2.05, 4.69) is 50.0 Å². The van der Waals surface area contributed by atoms with Crippen molar-refractivity contribution < 1.29 is 0 Å². The standard InChI is InChI=1S/C15H19N/c1-9-8-13-12-6-4-5-7-14(12)16-15(13)11(3)10(9)2/h4-7,9-11,16H,8H2,1-3H3. The first kappa shape index (κ1) is 9.95. The van der Waals surface area contributed by atoms with Gasteiger partial charge in [-0.25, -0.2) is 0 Å². The first-order valence-electron chi connectivity index (χ1n) is 6.28. The van der Waals surface area contributed by atoms with Crippen LogP contribution >= 0.6 is 0 Å². The van der Waals surface area contributed by atoms with Gasteiger partial charge in [0.25, 0.3) is 0 Å². The van der Waals surface area contributed by atoms with Crippen LogP contribution in [0.25, 0.3) is 10.9 Å². The molecule has 16 heavy (non-hydrogen) atoms. The van der Waals surface area contributed by atoms with E-state index in [-0.39, 0.29) is 0 Å². The van der Waals surface area contributed by atoms with Crippen LogP contribution in [0.3, 0.4) is 0 Å². The second-order valence-electron chi connectivity index (χ2n) is 5.39. The molecule has 1 aliphatic carbocycles. The Bertz CT molecular complexity index is 523. The molecule has 3 unspecified atom stereocenters. The molecule has 84 valence electrons. The van der Waals surface area contributed by atoms with Gasteiger partial charge in [0, 0.05) is 16.6 Å². The van der Waals surface area contributed by atoms with Crippen molar-refractivity contribution in [1.82, 2.24) is 4.98 Å². The molecule has 1 heterocycles. The van der Waals surface area contributed by atoms with Gasteiger partial charge >= 0.3 is 0 Å². The number of H-pyrrole nitrogens is 1. The van der Waals surface area contributed by atoms with Gasteiger partial charge in [-0.15, -0.1) is 0 Å². The summed E-state index contributed by atoms with van der Waals surface area (Å²) in [6.45, 7) is 7.12. The number of benzene rings is 1. The number of fused-ring (bicyclic) bond motifs is 3. The molecule has 1 aromatic heterocycles. The smallest absolute Gasteiger partial charge is 0.0459 e. The van der Waals surface area contributed by atoms with Crippen molar-refractivity contribution in [2.24, 2.45) is 11.8 Å². The molecule has 0 fully saturated rings. The average Bonchev–Trinajstić information content (AvgIpc) is 2.65. The van der Waals surface area contributed by atoms with E-state index in [1.807, 2.05) is 0 Å². The maximum absolute atomic E-state index is 3.62. The summed E-state index contributed by atoms with van der Waals surface area (Å²) in [5.41, 5.74) is 4.35. The zero-order valence-electron chi connectivity index (χ0n) is 10.2. The topological polar surface area (TPSA) is 15.8 Å². The van der Waals surface area contributed by atoms with Crippen molar-refractivity contribution in [3.8, 4) is 0 Å². The minimum atomic E-state index is 0.658. The summed E-state index contributed by atoms with van der Waals surface area (Å²) >= 11 is 0. The second-order valence-corrected chi connectivity index (χ2v) is 5.39. The number of para-hydroxylation sites is 1. The van der Waals surface area contributed by atoms with Crippen molar-refractivity contribution in [2.45, 2.75) is 33.1 Å². The Labute approximate surface area is 96.9 Å². The number of aromatic amines is 1. The highest BCUT2D eigenvalue weighted by Crippen LogP contribution is 2.41. The van der Waals surface area contributed by atoms with E-state index in [0.29, 0.717) is 5.92 Å². The highest BCUT2D eigenvalue weighted by Gasteiger charge is 2.30. The van der Waals surface area contributed by atoms with E-state index in [9.17, 15) is 0 Å². The van der Waals surface area contributed by atoms with Gasteiger partial charge in [0.15, 0.2) is 0 Å². The van der Waals surface area contributed by atoms with E-state index in [1.54, 1.807) is 5.56 Å². The van der Waals surface area contributed by atoms with Crippen LogP contribution in [0.2, 0.25) is 0 Å². The number of hydrogen-bond acceptors (Lipinski definition) is 0. The van der Waals surface area contributed by atoms with Crippen molar-refractivity contribution >= 4 is 10.9 Å². The van der Waals surface area contributed by atoms with Gasteiger partial charge in [0.05, 0.1) is 0 Å². The molecule has 1 N–H and O–H groups in total. The van der Waals surface area contributed by atoms with E-state index in [0.717, 1.165) is 11.8 Å². The summed E-state index contributed by atoms with van der Waals surface area (Å²) in [5, 5.41) is 1.43. The zero-order valence-corrected chi connectivity index (χ0v) is 10.2. The molecular weight excluding hydrogens is 194 g/mol. The quantitative estimate of drug-likeness (QED) is 0.678. The van der Waals surface area contributed by atoms with Gasteiger partial charge in [-0.3, -0.25) is 0 Å². The van der Waals surface area contributed by atoms with E-state index >= 15 is 0 Å². The summed E-state index contributed by atoms with van der Waals surface area (Å²) in [6.07, 6.45) is 1.23. The Balaban J connectivity index is 2.25. The monoisotopic (exact) mass is 213 g/mol. The SMILES string of the molecule is CC1Cc2c([nH]c3ccccc23)C(C)C1C. The molecular formula is C15H19N. The normalized spacial score (nSPS) is 29.3. The van der Waals surface area contributed by atoms with Crippen molar-refractivity contribution in [3.63, 3.8) is 0 Å². The molecule has 0 radical (unpaired) electrons. The lowest BCUT2D eigenvalue weighted by atomic mass is 9.74.